The second-order valence-electron chi connectivity index (χ2n) is 25.8. The number of hydrogen-bond donors (Lipinski definition) is 3. The molecule has 0 saturated heterocycles. The number of esters is 4. The minimum Gasteiger partial charge on any atom is -0.462 e. The van der Waals surface area contributed by atoms with Crippen molar-refractivity contribution < 1.29 is 80.2 Å². The van der Waals surface area contributed by atoms with Crippen LogP contribution < -0.4 is 0 Å². The Morgan fingerprint density at radius 2 is 0.581 bits per heavy atom. The number of hydrogen-bond acceptors (Lipinski definition) is 15. The van der Waals surface area contributed by atoms with Gasteiger partial charge in [0.1, 0.15) is 19.3 Å². The van der Waals surface area contributed by atoms with Gasteiger partial charge >= 0.3 is 39.5 Å². The number of ether oxygens (including phenoxy) is 4. The molecule has 0 heterocycles. The summed E-state index contributed by atoms with van der Waals surface area (Å²) in [6, 6.07) is 0. The van der Waals surface area contributed by atoms with Crippen LogP contribution in [-0.2, 0) is 65.4 Å². The summed E-state index contributed by atoms with van der Waals surface area (Å²) in [6.07, 6.45) is 59.8. The van der Waals surface area contributed by atoms with Crippen LogP contribution in [0.4, 0.5) is 0 Å². The van der Waals surface area contributed by atoms with Gasteiger partial charge in [-0.1, -0.05) is 282 Å². The zero-order valence-electron chi connectivity index (χ0n) is 59.4. The van der Waals surface area contributed by atoms with E-state index in [1.54, 1.807) is 0 Å². The molecular formula is C74H136O17P2. The molecule has 3 N–H and O–H groups in total. The summed E-state index contributed by atoms with van der Waals surface area (Å²) in [5, 5.41) is 10.6. The molecule has 0 aliphatic carbocycles. The molecule has 544 valence electrons. The second kappa shape index (κ2) is 66.3. The first-order chi connectivity index (χ1) is 45.0. The highest BCUT2D eigenvalue weighted by Gasteiger charge is 2.30. The molecule has 0 amide bonds. The summed E-state index contributed by atoms with van der Waals surface area (Å²) in [6.45, 7) is 7.10. The summed E-state index contributed by atoms with van der Waals surface area (Å²) in [5.74, 6) is -1.46. The Morgan fingerprint density at radius 3 is 0.882 bits per heavy atom. The third-order valence-electron chi connectivity index (χ3n) is 16.0. The average Bonchev–Trinajstić information content (AvgIpc) is 1.70. The van der Waals surface area contributed by atoms with Crippen molar-refractivity contribution in [3.63, 3.8) is 0 Å². The zero-order chi connectivity index (χ0) is 68.4. The van der Waals surface area contributed by atoms with Gasteiger partial charge in [-0.2, -0.15) is 0 Å². The van der Waals surface area contributed by atoms with Gasteiger partial charge in [0.05, 0.1) is 26.4 Å². The molecule has 0 spiro atoms. The molecule has 0 aromatic heterocycles. The molecule has 17 nitrogen and oxygen atoms in total. The van der Waals surface area contributed by atoms with Crippen LogP contribution in [0.2, 0.25) is 0 Å². The van der Waals surface area contributed by atoms with E-state index in [2.05, 4.69) is 83.2 Å². The fourth-order valence-electron chi connectivity index (χ4n) is 10.3. The van der Waals surface area contributed by atoms with Crippen molar-refractivity contribution in [1.29, 1.82) is 0 Å². The molecule has 93 heavy (non-hydrogen) atoms. The summed E-state index contributed by atoms with van der Waals surface area (Å²) in [4.78, 5) is 72.7. The standard InChI is InChI=1S/C74H136O17P2/c1-6-9-12-15-18-21-24-27-29-31-34-36-42-47-52-57-71(76)84-63-69(90-74(79)60-55-50-45-38-35-32-30-28-25-22-19-16-13-10-7-2)65-88-92(80,81)86-61-68(75)62-87-93(82,83)89-66-70(64-85-72(77)58-53-48-43-40-39-41-46-51-56-67(4)5)91-73(78)59-54-49-44-37-33-26-23-20-17-14-11-8-3/h21-22,24-25,27-30,67-70,75H,6-20,23,26,31-66H2,1-5H3,(H,80,81)(H,82,83)/b24-21-,25-22-,29-27-,30-28-/t68-,69-,70-/m1/s1. The fraction of sp³-hybridized carbons (Fsp3) is 0.838. The smallest absolute Gasteiger partial charge is 0.462 e. The van der Waals surface area contributed by atoms with Crippen molar-refractivity contribution >= 4 is 39.5 Å². The molecule has 0 aromatic carbocycles. The lowest BCUT2D eigenvalue weighted by atomic mass is 10.0. The van der Waals surface area contributed by atoms with Crippen molar-refractivity contribution in [1.82, 2.24) is 0 Å². The maximum atomic E-state index is 13.0. The van der Waals surface area contributed by atoms with Crippen molar-refractivity contribution in [2.45, 2.75) is 355 Å². The Balaban J connectivity index is 5.33. The van der Waals surface area contributed by atoms with E-state index in [4.69, 9.17) is 37.0 Å². The van der Waals surface area contributed by atoms with E-state index in [0.29, 0.717) is 25.7 Å². The van der Waals surface area contributed by atoms with Crippen LogP contribution in [0, 0.1) is 5.92 Å². The van der Waals surface area contributed by atoms with Gasteiger partial charge in [-0.3, -0.25) is 37.3 Å². The van der Waals surface area contributed by atoms with E-state index in [1.165, 1.54) is 128 Å². The first kappa shape index (κ1) is 90.0. The maximum absolute atomic E-state index is 13.0. The number of carbonyl (C=O) groups excluding carboxylic acids is 4. The Kier molecular flexibility index (Phi) is 64.1. The van der Waals surface area contributed by atoms with Gasteiger partial charge in [0, 0.05) is 25.7 Å². The Labute approximate surface area is 566 Å². The van der Waals surface area contributed by atoms with E-state index < -0.39 is 97.5 Å². The highest BCUT2D eigenvalue weighted by atomic mass is 31.2. The molecule has 0 saturated carbocycles. The Bertz CT molecular complexity index is 1980. The van der Waals surface area contributed by atoms with Gasteiger partial charge in [-0.15, -0.1) is 0 Å². The van der Waals surface area contributed by atoms with Gasteiger partial charge in [0.2, 0.25) is 0 Å². The Hall–Kier alpha value is -2.98. The predicted molar refractivity (Wildman–Crippen MR) is 377 cm³/mol. The van der Waals surface area contributed by atoms with Gasteiger partial charge in [0.15, 0.2) is 12.2 Å². The molecule has 0 radical (unpaired) electrons. The minimum atomic E-state index is -4.97. The molecule has 0 bridgehead atoms. The number of aliphatic hydroxyl groups is 1. The molecule has 0 rings (SSSR count). The predicted octanol–water partition coefficient (Wildman–Crippen LogP) is 20.8. The van der Waals surface area contributed by atoms with Gasteiger partial charge in [0.25, 0.3) is 0 Å². The number of phosphoric ester groups is 2. The topological polar surface area (TPSA) is 237 Å². The van der Waals surface area contributed by atoms with Gasteiger partial charge in [-0.25, -0.2) is 9.13 Å². The molecule has 19 heteroatoms. The lowest BCUT2D eigenvalue weighted by molar-refractivity contribution is -0.161. The summed E-state index contributed by atoms with van der Waals surface area (Å²) in [7, 11) is -9.93. The normalized spacial score (nSPS) is 14.3. The highest BCUT2D eigenvalue weighted by Crippen LogP contribution is 2.45. The van der Waals surface area contributed by atoms with Crippen molar-refractivity contribution in [2.24, 2.45) is 5.92 Å². The van der Waals surface area contributed by atoms with E-state index in [9.17, 15) is 43.2 Å². The van der Waals surface area contributed by atoms with Crippen LogP contribution in [0.15, 0.2) is 48.6 Å². The van der Waals surface area contributed by atoms with Gasteiger partial charge < -0.3 is 33.8 Å². The van der Waals surface area contributed by atoms with Gasteiger partial charge in [-0.05, 0) is 83.0 Å². The molecular weight excluding hydrogens is 1220 g/mol. The third kappa shape index (κ3) is 67.4. The number of allylic oxidation sites excluding steroid dienone is 8. The lowest BCUT2D eigenvalue weighted by Crippen LogP contribution is -2.30. The molecule has 0 aliphatic rings. The number of carbonyl (C=O) groups is 4. The van der Waals surface area contributed by atoms with Crippen LogP contribution in [0.3, 0.4) is 0 Å². The third-order valence-corrected chi connectivity index (χ3v) is 17.9. The van der Waals surface area contributed by atoms with Crippen LogP contribution in [0.5, 0.6) is 0 Å². The fourth-order valence-corrected chi connectivity index (χ4v) is 11.8. The largest absolute Gasteiger partial charge is 0.472 e. The monoisotopic (exact) mass is 1360 g/mol. The van der Waals surface area contributed by atoms with Crippen LogP contribution in [-0.4, -0.2) is 96.7 Å². The molecule has 5 atom stereocenters. The van der Waals surface area contributed by atoms with Crippen LogP contribution >= 0.6 is 15.6 Å². The quantitative estimate of drug-likeness (QED) is 0.0169. The summed E-state index contributed by atoms with van der Waals surface area (Å²) >= 11 is 0. The zero-order valence-corrected chi connectivity index (χ0v) is 61.1. The SMILES string of the molecule is CCCCCC/C=C\C=C/CCCCCCCC(=O)OC[C@H](COP(=O)(O)OC[C@@H](O)COP(=O)(O)OC[C@@H](COC(=O)CCCCCCCCCCC(C)C)OC(=O)CCCCCCCCCCCCCC)OC(=O)CCCCCCC/C=C\C=C/CCCCCC. The van der Waals surface area contributed by atoms with Crippen LogP contribution in [0.1, 0.15) is 336 Å². The first-order valence-electron chi connectivity index (χ1n) is 37.3. The number of aliphatic hydroxyl groups excluding tert-OH is 1. The van der Waals surface area contributed by atoms with E-state index >= 15 is 0 Å². The van der Waals surface area contributed by atoms with E-state index in [-0.39, 0.29) is 25.7 Å². The second-order valence-corrected chi connectivity index (χ2v) is 28.7. The first-order valence-corrected chi connectivity index (χ1v) is 40.3. The van der Waals surface area contributed by atoms with E-state index in [1.807, 2.05) is 0 Å². The molecule has 0 fully saturated rings. The van der Waals surface area contributed by atoms with E-state index in [0.717, 1.165) is 128 Å². The number of phosphoric acid groups is 2. The summed E-state index contributed by atoms with van der Waals surface area (Å²) in [5.41, 5.74) is 0. The average molecular weight is 1360 g/mol. The Morgan fingerprint density at radius 1 is 0.333 bits per heavy atom. The highest BCUT2D eigenvalue weighted by molar-refractivity contribution is 7.47. The molecule has 0 aliphatic heterocycles. The summed E-state index contributed by atoms with van der Waals surface area (Å²) < 4.78 is 68.3. The number of unbranched alkanes of at least 4 members (excludes halogenated alkanes) is 36. The van der Waals surface area contributed by atoms with Crippen molar-refractivity contribution in [3.8, 4) is 0 Å². The lowest BCUT2D eigenvalue weighted by Gasteiger charge is -2.21. The van der Waals surface area contributed by atoms with Crippen LogP contribution in [0.25, 0.3) is 0 Å². The van der Waals surface area contributed by atoms with Crippen molar-refractivity contribution in [3.05, 3.63) is 48.6 Å². The molecule has 2 unspecified atom stereocenters. The molecule has 0 aromatic rings. The number of rotatable bonds is 70. The minimum absolute atomic E-state index is 0.0782. The van der Waals surface area contributed by atoms with Crippen molar-refractivity contribution in [2.75, 3.05) is 39.6 Å². The maximum Gasteiger partial charge on any atom is 0.472 e.